The van der Waals surface area contributed by atoms with Crippen LogP contribution in [0.4, 0.5) is 0 Å². The smallest absolute Gasteiger partial charge is 0.354 e. The second kappa shape index (κ2) is 4.47. The lowest BCUT2D eigenvalue weighted by molar-refractivity contribution is 0.0683. The zero-order valence-electron chi connectivity index (χ0n) is 8.03. The molecule has 0 radical (unpaired) electrons. The van der Waals surface area contributed by atoms with Gasteiger partial charge in [-0.25, -0.2) is 4.79 Å². The molecule has 0 atom stereocenters. The SMILES string of the molecule is C#CCCCn1nc(C)cc1C(=O)O. The number of carboxylic acid groups (broad SMARTS) is 1. The molecular formula is C10H12N2O2. The van der Waals surface area contributed by atoms with Gasteiger partial charge in [-0.05, 0) is 19.4 Å². The van der Waals surface area contributed by atoms with Crippen molar-refractivity contribution in [3.8, 4) is 12.3 Å². The van der Waals surface area contributed by atoms with Crippen LogP contribution in [0.5, 0.6) is 0 Å². The molecule has 0 aliphatic rings. The number of aromatic carboxylic acids is 1. The Morgan fingerprint density at radius 1 is 1.79 bits per heavy atom. The molecule has 0 saturated carbocycles. The van der Waals surface area contributed by atoms with E-state index in [9.17, 15) is 4.79 Å². The highest BCUT2D eigenvalue weighted by Gasteiger charge is 2.11. The fraction of sp³-hybridized carbons (Fsp3) is 0.400. The second-order valence-corrected chi connectivity index (χ2v) is 3.01. The first-order valence-electron chi connectivity index (χ1n) is 4.36. The predicted octanol–water partition coefficient (Wildman–Crippen LogP) is 1.30. The molecule has 4 heteroatoms. The Morgan fingerprint density at radius 3 is 3.07 bits per heavy atom. The van der Waals surface area contributed by atoms with Crippen LogP contribution in [0, 0.1) is 19.3 Å². The average molecular weight is 192 g/mol. The lowest BCUT2D eigenvalue weighted by Gasteiger charge is -2.01. The van der Waals surface area contributed by atoms with E-state index in [-0.39, 0.29) is 5.69 Å². The highest BCUT2D eigenvalue weighted by atomic mass is 16.4. The van der Waals surface area contributed by atoms with Gasteiger partial charge in [0, 0.05) is 13.0 Å². The van der Waals surface area contributed by atoms with Gasteiger partial charge in [0.05, 0.1) is 5.69 Å². The number of rotatable bonds is 4. The summed E-state index contributed by atoms with van der Waals surface area (Å²) >= 11 is 0. The van der Waals surface area contributed by atoms with Crippen LogP contribution < -0.4 is 0 Å². The summed E-state index contributed by atoms with van der Waals surface area (Å²) in [4.78, 5) is 10.8. The van der Waals surface area contributed by atoms with E-state index in [2.05, 4.69) is 11.0 Å². The van der Waals surface area contributed by atoms with Gasteiger partial charge in [-0.1, -0.05) is 0 Å². The van der Waals surface area contributed by atoms with Crippen molar-refractivity contribution in [2.45, 2.75) is 26.3 Å². The molecule has 74 valence electrons. The molecule has 0 unspecified atom stereocenters. The van der Waals surface area contributed by atoms with E-state index in [0.29, 0.717) is 18.7 Å². The number of hydrogen-bond donors (Lipinski definition) is 1. The second-order valence-electron chi connectivity index (χ2n) is 3.01. The summed E-state index contributed by atoms with van der Waals surface area (Å²) in [5.41, 5.74) is 0.933. The Morgan fingerprint density at radius 2 is 2.50 bits per heavy atom. The normalized spacial score (nSPS) is 9.71. The highest BCUT2D eigenvalue weighted by Crippen LogP contribution is 2.05. The van der Waals surface area contributed by atoms with Crippen molar-refractivity contribution in [3.05, 3.63) is 17.5 Å². The highest BCUT2D eigenvalue weighted by molar-refractivity contribution is 5.85. The predicted molar refractivity (Wildman–Crippen MR) is 52.0 cm³/mol. The Labute approximate surface area is 82.5 Å². The van der Waals surface area contributed by atoms with Crippen LogP contribution in [-0.2, 0) is 6.54 Å². The lowest BCUT2D eigenvalue weighted by Crippen LogP contribution is -2.09. The monoisotopic (exact) mass is 192 g/mol. The number of carboxylic acids is 1. The molecule has 4 nitrogen and oxygen atoms in total. The number of aryl methyl sites for hydroxylation is 2. The minimum Gasteiger partial charge on any atom is -0.477 e. The first kappa shape index (κ1) is 10.3. The van der Waals surface area contributed by atoms with Gasteiger partial charge in [-0.15, -0.1) is 12.3 Å². The fourth-order valence-electron chi connectivity index (χ4n) is 1.22. The van der Waals surface area contributed by atoms with Crippen molar-refractivity contribution in [3.63, 3.8) is 0 Å². The van der Waals surface area contributed by atoms with Gasteiger partial charge < -0.3 is 5.11 Å². The van der Waals surface area contributed by atoms with Crippen LogP contribution in [0.3, 0.4) is 0 Å². The van der Waals surface area contributed by atoms with E-state index in [1.54, 1.807) is 13.0 Å². The molecule has 0 saturated heterocycles. The van der Waals surface area contributed by atoms with Crippen LogP contribution in [-0.4, -0.2) is 20.9 Å². The summed E-state index contributed by atoms with van der Waals surface area (Å²) in [5.74, 6) is 1.55. The van der Waals surface area contributed by atoms with Crippen LogP contribution in [0.2, 0.25) is 0 Å². The first-order chi connectivity index (χ1) is 6.65. The zero-order valence-corrected chi connectivity index (χ0v) is 8.03. The Hall–Kier alpha value is -1.76. The minimum atomic E-state index is -0.952. The van der Waals surface area contributed by atoms with Crippen LogP contribution >= 0.6 is 0 Å². The number of nitrogens with zero attached hydrogens (tertiary/aromatic N) is 2. The molecule has 1 N–H and O–H groups in total. The van der Waals surface area contributed by atoms with E-state index in [4.69, 9.17) is 11.5 Å². The molecule has 1 aromatic rings. The summed E-state index contributed by atoms with van der Waals surface area (Å²) in [7, 11) is 0. The number of hydrogen-bond acceptors (Lipinski definition) is 2. The van der Waals surface area contributed by atoms with Gasteiger partial charge in [-0.2, -0.15) is 5.10 Å². The first-order valence-corrected chi connectivity index (χ1v) is 4.36. The summed E-state index contributed by atoms with van der Waals surface area (Å²) < 4.78 is 1.48. The van der Waals surface area contributed by atoms with E-state index < -0.39 is 5.97 Å². The lowest BCUT2D eigenvalue weighted by atomic mass is 10.3. The van der Waals surface area contributed by atoms with Gasteiger partial charge in [0.1, 0.15) is 5.69 Å². The molecule has 0 fully saturated rings. The third-order valence-corrected chi connectivity index (χ3v) is 1.81. The summed E-state index contributed by atoms with van der Waals surface area (Å²) in [6, 6.07) is 1.55. The maximum atomic E-state index is 10.8. The van der Waals surface area contributed by atoms with Crippen LogP contribution in [0.1, 0.15) is 29.0 Å². The standard InChI is InChI=1S/C10H12N2O2/c1-3-4-5-6-12-9(10(13)14)7-8(2)11-12/h1,7H,4-6H2,2H3,(H,13,14). The maximum absolute atomic E-state index is 10.8. The van der Waals surface area contributed by atoms with Gasteiger partial charge in [-0.3, -0.25) is 4.68 Å². The summed E-state index contributed by atoms with van der Waals surface area (Å²) in [5, 5.41) is 12.9. The quantitative estimate of drug-likeness (QED) is 0.578. The van der Waals surface area contributed by atoms with Crippen molar-refractivity contribution in [1.29, 1.82) is 0 Å². The molecule has 0 aromatic carbocycles. The third kappa shape index (κ3) is 2.36. The molecule has 0 aliphatic carbocycles. The van der Waals surface area contributed by atoms with Gasteiger partial charge in [0.25, 0.3) is 0 Å². The van der Waals surface area contributed by atoms with Gasteiger partial charge in [0.2, 0.25) is 0 Å². The zero-order chi connectivity index (χ0) is 10.6. The summed E-state index contributed by atoms with van der Waals surface area (Å²) in [6.07, 6.45) is 6.48. The third-order valence-electron chi connectivity index (χ3n) is 1.81. The van der Waals surface area contributed by atoms with E-state index in [1.165, 1.54) is 4.68 Å². The number of unbranched alkanes of at least 4 members (excludes halogenated alkanes) is 1. The molecule has 0 amide bonds. The van der Waals surface area contributed by atoms with Crippen molar-refractivity contribution >= 4 is 5.97 Å². The molecule has 0 aliphatic heterocycles. The average Bonchev–Trinajstić information content (AvgIpc) is 2.47. The number of aromatic nitrogens is 2. The molecule has 0 spiro atoms. The Bertz CT molecular complexity index is 374. The van der Waals surface area contributed by atoms with Gasteiger partial charge >= 0.3 is 5.97 Å². The van der Waals surface area contributed by atoms with E-state index in [1.807, 2.05) is 0 Å². The van der Waals surface area contributed by atoms with Crippen molar-refractivity contribution in [2.24, 2.45) is 0 Å². The Kier molecular flexibility index (Phi) is 3.29. The largest absolute Gasteiger partial charge is 0.477 e. The maximum Gasteiger partial charge on any atom is 0.354 e. The van der Waals surface area contributed by atoms with Gasteiger partial charge in [0.15, 0.2) is 0 Å². The van der Waals surface area contributed by atoms with E-state index >= 15 is 0 Å². The molecule has 1 aromatic heterocycles. The van der Waals surface area contributed by atoms with Crippen LogP contribution in [0.25, 0.3) is 0 Å². The molecule has 1 rings (SSSR count). The summed E-state index contributed by atoms with van der Waals surface area (Å²) in [6.45, 7) is 2.32. The van der Waals surface area contributed by atoms with Crippen molar-refractivity contribution in [2.75, 3.05) is 0 Å². The van der Waals surface area contributed by atoms with Crippen molar-refractivity contribution in [1.82, 2.24) is 9.78 Å². The molecule has 1 heterocycles. The van der Waals surface area contributed by atoms with Crippen LogP contribution in [0.15, 0.2) is 6.07 Å². The van der Waals surface area contributed by atoms with E-state index in [0.717, 1.165) is 6.42 Å². The molecule has 0 bridgehead atoms. The molecular weight excluding hydrogens is 180 g/mol. The Balaban J connectivity index is 2.75. The minimum absolute atomic E-state index is 0.222. The number of terminal acetylenes is 1. The molecule has 14 heavy (non-hydrogen) atoms. The number of carbonyl (C=O) groups is 1. The van der Waals surface area contributed by atoms with Crippen molar-refractivity contribution < 1.29 is 9.90 Å². The fourth-order valence-corrected chi connectivity index (χ4v) is 1.22. The topological polar surface area (TPSA) is 55.1 Å².